The minimum atomic E-state index is -0.0819. The Labute approximate surface area is 236 Å². The molecule has 1 atom stereocenters. The summed E-state index contributed by atoms with van der Waals surface area (Å²) in [5.74, 6) is 2.51. The Bertz CT molecular complexity index is 1000. The molecule has 2 saturated heterocycles. The highest BCUT2D eigenvalue weighted by molar-refractivity contribution is 5.85. The van der Waals surface area contributed by atoms with E-state index in [4.69, 9.17) is 4.74 Å². The van der Waals surface area contributed by atoms with Gasteiger partial charge < -0.3 is 19.9 Å². The van der Waals surface area contributed by atoms with E-state index in [0.29, 0.717) is 24.3 Å². The van der Waals surface area contributed by atoms with E-state index in [1.54, 1.807) is 13.2 Å². The average molecular weight is 536 g/mol. The molecule has 2 amide bonds. The van der Waals surface area contributed by atoms with Crippen molar-refractivity contribution in [3.05, 3.63) is 72.0 Å². The van der Waals surface area contributed by atoms with Gasteiger partial charge in [-0.15, -0.1) is 0 Å². The number of allylic oxidation sites excluding steroid dienone is 3. The summed E-state index contributed by atoms with van der Waals surface area (Å²) in [6.07, 6.45) is 12.8. The summed E-state index contributed by atoms with van der Waals surface area (Å²) in [7, 11) is 3.76. The summed E-state index contributed by atoms with van der Waals surface area (Å²) in [6.45, 7) is 12.4. The lowest BCUT2D eigenvalue weighted by molar-refractivity contribution is -0.137. The number of hydrogen-bond donors (Lipinski definition) is 1. The fraction of sp³-hybridized carbons (Fsp3) is 0.576. The molecule has 0 aromatic heterocycles. The minimum Gasteiger partial charge on any atom is -0.497 e. The quantitative estimate of drug-likeness (QED) is 0.292. The molecular weight excluding hydrogens is 486 g/mol. The van der Waals surface area contributed by atoms with E-state index in [-0.39, 0.29) is 11.3 Å². The fourth-order valence-corrected chi connectivity index (χ4v) is 5.38. The molecule has 1 aromatic carbocycles. The van der Waals surface area contributed by atoms with Gasteiger partial charge in [0.2, 0.25) is 11.8 Å². The van der Waals surface area contributed by atoms with Crippen molar-refractivity contribution in [3.8, 4) is 0 Å². The normalized spacial score (nSPS) is 20.3. The molecule has 1 saturated carbocycles. The second kappa shape index (κ2) is 15.1. The van der Waals surface area contributed by atoms with Gasteiger partial charge >= 0.3 is 0 Å². The first-order chi connectivity index (χ1) is 18.8. The van der Waals surface area contributed by atoms with Crippen molar-refractivity contribution in [1.29, 1.82) is 0 Å². The number of piperidine rings is 1. The summed E-state index contributed by atoms with van der Waals surface area (Å²) < 4.78 is 5.15. The van der Waals surface area contributed by atoms with Crippen LogP contribution in [0, 0.1) is 11.3 Å². The van der Waals surface area contributed by atoms with Crippen LogP contribution in [-0.2, 0) is 14.3 Å². The number of carbonyl (C=O) groups excluding carboxylic acids is 2. The number of carbonyl (C=O) groups is 2. The van der Waals surface area contributed by atoms with Gasteiger partial charge in [-0.3, -0.25) is 9.59 Å². The predicted molar refractivity (Wildman–Crippen MR) is 159 cm³/mol. The first-order valence-corrected chi connectivity index (χ1v) is 14.6. The summed E-state index contributed by atoms with van der Waals surface area (Å²) >= 11 is 0. The highest BCUT2D eigenvalue weighted by atomic mass is 16.5. The lowest BCUT2D eigenvalue weighted by Gasteiger charge is -2.36. The molecule has 4 rings (SSSR count). The van der Waals surface area contributed by atoms with E-state index in [1.165, 1.54) is 18.4 Å². The first kappa shape index (κ1) is 30.7. The fourth-order valence-electron chi connectivity index (χ4n) is 5.38. The third-order valence-corrected chi connectivity index (χ3v) is 8.39. The van der Waals surface area contributed by atoms with Gasteiger partial charge in [0.1, 0.15) is 5.76 Å². The third-order valence-electron chi connectivity index (χ3n) is 8.39. The van der Waals surface area contributed by atoms with Gasteiger partial charge in [0, 0.05) is 26.1 Å². The van der Waals surface area contributed by atoms with Crippen LogP contribution in [0.25, 0.3) is 0 Å². The number of rotatable bonds is 11. The molecule has 3 fully saturated rings. The largest absolute Gasteiger partial charge is 0.497 e. The van der Waals surface area contributed by atoms with Crippen molar-refractivity contribution in [2.75, 3.05) is 46.9 Å². The van der Waals surface area contributed by atoms with Crippen LogP contribution in [-0.4, -0.2) is 68.5 Å². The van der Waals surface area contributed by atoms with Crippen molar-refractivity contribution in [1.82, 2.24) is 15.1 Å². The SMILES string of the molecule is C=C/C(=C\C=C(/C)CN1CCC2(CCN(C)CC2)C1=O)OC.CC(CCNC(=O)CC1CC1)c1ccccc1. The number of methoxy groups -OCH3 is 1. The van der Waals surface area contributed by atoms with E-state index < -0.39 is 0 Å². The van der Waals surface area contributed by atoms with Gasteiger partial charge in [-0.2, -0.15) is 0 Å². The minimum absolute atomic E-state index is 0.0819. The van der Waals surface area contributed by atoms with Crippen molar-refractivity contribution < 1.29 is 14.3 Å². The van der Waals surface area contributed by atoms with Crippen LogP contribution in [0.2, 0.25) is 0 Å². The molecule has 0 bridgehead atoms. The zero-order valence-corrected chi connectivity index (χ0v) is 24.6. The molecule has 1 aromatic rings. The van der Waals surface area contributed by atoms with Gasteiger partial charge in [-0.1, -0.05) is 55.5 Å². The highest BCUT2D eigenvalue weighted by Crippen LogP contribution is 2.41. The molecule has 0 radical (unpaired) electrons. The van der Waals surface area contributed by atoms with Gasteiger partial charge in [-0.05, 0) is 95.1 Å². The molecule has 1 spiro atoms. The van der Waals surface area contributed by atoms with Crippen LogP contribution in [0.4, 0.5) is 0 Å². The van der Waals surface area contributed by atoms with Crippen molar-refractivity contribution in [2.45, 2.75) is 64.7 Å². The van der Waals surface area contributed by atoms with E-state index >= 15 is 0 Å². The van der Waals surface area contributed by atoms with E-state index in [2.05, 4.69) is 62.0 Å². The van der Waals surface area contributed by atoms with E-state index in [9.17, 15) is 9.59 Å². The van der Waals surface area contributed by atoms with Gasteiger partial charge in [0.25, 0.3) is 0 Å². The molecule has 2 heterocycles. The molecule has 1 N–H and O–H groups in total. The number of benzene rings is 1. The van der Waals surface area contributed by atoms with Crippen molar-refractivity contribution >= 4 is 11.8 Å². The smallest absolute Gasteiger partial charge is 0.229 e. The van der Waals surface area contributed by atoms with Crippen LogP contribution in [0.1, 0.15) is 70.3 Å². The van der Waals surface area contributed by atoms with Crippen LogP contribution in [0.3, 0.4) is 0 Å². The zero-order chi connectivity index (χ0) is 28.3. The maximum absolute atomic E-state index is 12.8. The molecule has 6 nitrogen and oxygen atoms in total. The predicted octanol–water partition coefficient (Wildman–Crippen LogP) is 5.69. The Morgan fingerprint density at radius 1 is 1.15 bits per heavy atom. The van der Waals surface area contributed by atoms with Gasteiger partial charge in [-0.25, -0.2) is 0 Å². The molecule has 1 unspecified atom stereocenters. The molecule has 39 heavy (non-hydrogen) atoms. The van der Waals surface area contributed by atoms with Crippen molar-refractivity contribution in [3.63, 3.8) is 0 Å². The lowest BCUT2D eigenvalue weighted by Crippen LogP contribution is -2.43. The number of nitrogens with one attached hydrogen (secondary N) is 1. The summed E-state index contributed by atoms with van der Waals surface area (Å²) in [5.41, 5.74) is 2.43. The molecule has 3 aliphatic rings. The Morgan fingerprint density at radius 3 is 2.44 bits per heavy atom. The lowest BCUT2D eigenvalue weighted by atomic mass is 9.77. The molecule has 214 valence electrons. The number of hydrogen-bond acceptors (Lipinski definition) is 4. The van der Waals surface area contributed by atoms with Crippen LogP contribution in [0.15, 0.2) is 66.5 Å². The summed E-state index contributed by atoms with van der Waals surface area (Å²) in [4.78, 5) is 28.6. The van der Waals surface area contributed by atoms with Crippen molar-refractivity contribution in [2.24, 2.45) is 11.3 Å². The number of ether oxygens (including phenoxy) is 1. The average Bonchev–Trinajstić information content (AvgIpc) is 3.71. The standard InChI is InChI=1S/C18H28N2O2.C15H21NO/c1-5-16(22-4)7-6-15(2)14-20-13-10-18(17(20)21)8-11-19(3)12-9-18;1-12(14-5-3-2-4-6-14)9-10-16-15(17)11-13-7-8-13/h5-7H,1,8-14H2,2-4H3;2-6,12-13H,7-11H2,1H3,(H,16,17)/b15-6+,16-7+;. The Morgan fingerprint density at radius 2 is 1.82 bits per heavy atom. The molecule has 2 aliphatic heterocycles. The van der Waals surface area contributed by atoms with Crippen LogP contribution in [0.5, 0.6) is 0 Å². The maximum atomic E-state index is 12.8. The second-order valence-electron chi connectivity index (χ2n) is 11.6. The Hall–Kier alpha value is -2.86. The van der Waals surface area contributed by atoms with E-state index in [1.807, 2.05) is 23.1 Å². The monoisotopic (exact) mass is 535 g/mol. The maximum Gasteiger partial charge on any atom is 0.229 e. The number of nitrogens with zero attached hydrogens (tertiary/aromatic N) is 2. The topological polar surface area (TPSA) is 61.9 Å². The third kappa shape index (κ3) is 9.68. The van der Waals surface area contributed by atoms with Crippen LogP contribution >= 0.6 is 0 Å². The van der Waals surface area contributed by atoms with Gasteiger partial charge in [0.05, 0.1) is 12.5 Å². The first-order valence-electron chi connectivity index (χ1n) is 14.6. The molecule has 1 aliphatic carbocycles. The zero-order valence-electron chi connectivity index (χ0n) is 24.6. The molecule has 6 heteroatoms. The van der Waals surface area contributed by atoms with Crippen LogP contribution < -0.4 is 5.32 Å². The Kier molecular flexibility index (Phi) is 11.9. The molecular formula is C33H49N3O3. The number of amides is 2. The highest BCUT2D eigenvalue weighted by Gasteiger charge is 2.47. The Balaban J connectivity index is 0.000000223. The number of likely N-dealkylation sites (tertiary alicyclic amines) is 2. The summed E-state index contributed by atoms with van der Waals surface area (Å²) in [6, 6.07) is 10.5. The second-order valence-corrected chi connectivity index (χ2v) is 11.6. The summed E-state index contributed by atoms with van der Waals surface area (Å²) in [5, 5.41) is 3.02. The van der Waals surface area contributed by atoms with Gasteiger partial charge in [0.15, 0.2) is 0 Å². The van der Waals surface area contributed by atoms with E-state index in [0.717, 1.165) is 69.6 Å².